The van der Waals surface area contributed by atoms with Crippen molar-refractivity contribution < 1.29 is 4.74 Å². The van der Waals surface area contributed by atoms with Gasteiger partial charge in [0.25, 0.3) is 0 Å². The highest BCUT2D eigenvalue weighted by atomic mass is 16.5. The molecule has 0 aliphatic carbocycles. The van der Waals surface area contributed by atoms with Gasteiger partial charge >= 0.3 is 0 Å². The molecule has 0 bridgehead atoms. The summed E-state index contributed by atoms with van der Waals surface area (Å²) in [5, 5.41) is 3.11. The van der Waals surface area contributed by atoms with Gasteiger partial charge in [0, 0.05) is 24.5 Å². The molecule has 5 nitrogen and oxygen atoms in total. The molecule has 1 unspecified atom stereocenters. The number of nitrogens with two attached hydrogens (primary N) is 1. The molecule has 0 radical (unpaired) electrons. The van der Waals surface area contributed by atoms with Gasteiger partial charge in [0.2, 0.25) is 0 Å². The third-order valence-electron chi connectivity index (χ3n) is 3.85. The minimum atomic E-state index is 0.161. The van der Waals surface area contributed by atoms with Crippen LogP contribution < -0.4 is 20.7 Å². The van der Waals surface area contributed by atoms with E-state index in [1.807, 2.05) is 56.3 Å². The van der Waals surface area contributed by atoms with E-state index in [-0.39, 0.29) is 12.1 Å². The summed E-state index contributed by atoms with van der Waals surface area (Å²) in [5.41, 5.74) is 8.06. The Morgan fingerprint density at radius 2 is 1.72 bits per heavy atom. The van der Waals surface area contributed by atoms with E-state index >= 15 is 0 Å². The van der Waals surface area contributed by atoms with Crippen LogP contribution >= 0.6 is 0 Å². The average molecular weight is 340 g/mol. The van der Waals surface area contributed by atoms with Crippen molar-refractivity contribution in [2.45, 2.75) is 32.9 Å². The Morgan fingerprint density at radius 1 is 1.08 bits per heavy atom. The standard InChI is InChI=1S/C20H28N4O/c1-15(2)25-19-12-10-17(11-13-19)23-20(21)22-14-16(3)24(4)18-8-6-5-7-9-18/h5-13,15-16H,14H2,1-4H3,(H3,21,22,23). The van der Waals surface area contributed by atoms with Crippen LogP contribution in [0.4, 0.5) is 11.4 Å². The van der Waals surface area contributed by atoms with Crippen LogP contribution in [0.1, 0.15) is 20.8 Å². The van der Waals surface area contributed by atoms with Gasteiger partial charge in [-0.15, -0.1) is 0 Å². The van der Waals surface area contributed by atoms with Crippen LogP contribution in [0, 0.1) is 0 Å². The largest absolute Gasteiger partial charge is 0.491 e. The molecule has 0 saturated carbocycles. The van der Waals surface area contributed by atoms with Crippen molar-refractivity contribution in [3.8, 4) is 5.75 Å². The average Bonchev–Trinajstić information content (AvgIpc) is 2.61. The number of anilines is 2. The molecule has 2 aromatic rings. The van der Waals surface area contributed by atoms with Crippen molar-refractivity contribution >= 4 is 17.3 Å². The van der Waals surface area contributed by atoms with E-state index in [2.05, 4.69) is 41.3 Å². The molecule has 5 heteroatoms. The Kier molecular flexibility index (Phi) is 6.69. The molecule has 0 aromatic heterocycles. The predicted molar refractivity (Wildman–Crippen MR) is 107 cm³/mol. The third-order valence-corrected chi connectivity index (χ3v) is 3.85. The van der Waals surface area contributed by atoms with Crippen molar-refractivity contribution in [3.63, 3.8) is 0 Å². The van der Waals surface area contributed by atoms with Gasteiger partial charge in [0.15, 0.2) is 5.96 Å². The summed E-state index contributed by atoms with van der Waals surface area (Å²) in [4.78, 5) is 6.64. The van der Waals surface area contributed by atoms with Crippen LogP contribution in [0.3, 0.4) is 0 Å². The van der Waals surface area contributed by atoms with Crippen LogP contribution in [-0.4, -0.2) is 31.7 Å². The van der Waals surface area contributed by atoms with E-state index < -0.39 is 0 Å². The number of rotatable bonds is 7. The molecule has 134 valence electrons. The first kappa shape index (κ1) is 18.6. The second kappa shape index (κ2) is 8.97. The fraction of sp³-hybridized carbons (Fsp3) is 0.350. The van der Waals surface area contributed by atoms with Crippen LogP contribution in [0.15, 0.2) is 59.6 Å². The third kappa shape index (κ3) is 6.03. The lowest BCUT2D eigenvalue weighted by Crippen LogP contribution is -2.33. The van der Waals surface area contributed by atoms with E-state index in [1.54, 1.807) is 0 Å². The summed E-state index contributed by atoms with van der Waals surface area (Å²) in [6, 6.07) is 18.2. The maximum absolute atomic E-state index is 6.00. The Bertz CT molecular complexity index is 668. The maximum atomic E-state index is 6.00. The molecule has 0 aliphatic rings. The second-order valence-corrected chi connectivity index (χ2v) is 6.34. The Balaban J connectivity index is 1.88. The molecule has 25 heavy (non-hydrogen) atoms. The van der Waals surface area contributed by atoms with Gasteiger partial charge in [-0.05, 0) is 57.2 Å². The number of hydrogen-bond acceptors (Lipinski definition) is 3. The number of nitrogens with one attached hydrogen (secondary N) is 1. The molecule has 0 saturated heterocycles. The molecule has 1 atom stereocenters. The van der Waals surface area contributed by atoms with Crippen LogP contribution in [-0.2, 0) is 0 Å². The Hall–Kier alpha value is -2.69. The molecule has 3 N–H and O–H groups in total. The summed E-state index contributed by atoms with van der Waals surface area (Å²) >= 11 is 0. The van der Waals surface area contributed by atoms with Gasteiger partial charge in [-0.3, -0.25) is 4.99 Å². The first-order chi connectivity index (χ1) is 12.0. The zero-order chi connectivity index (χ0) is 18.2. The predicted octanol–water partition coefficient (Wildman–Crippen LogP) is 3.73. The van der Waals surface area contributed by atoms with Crippen LogP contribution in [0.5, 0.6) is 5.75 Å². The van der Waals surface area contributed by atoms with Gasteiger partial charge in [-0.1, -0.05) is 18.2 Å². The summed E-state index contributed by atoms with van der Waals surface area (Å²) in [6.45, 7) is 6.75. The van der Waals surface area contributed by atoms with E-state index in [0.29, 0.717) is 12.5 Å². The number of aliphatic imine (C=N–C) groups is 1. The molecule has 2 rings (SSSR count). The SMILES string of the molecule is CC(C)Oc1ccc(NC(N)=NCC(C)N(C)c2ccccc2)cc1. The number of para-hydroxylation sites is 1. The molecule has 0 fully saturated rings. The minimum absolute atomic E-state index is 0.161. The summed E-state index contributed by atoms with van der Waals surface area (Å²) in [7, 11) is 2.06. The highest BCUT2D eigenvalue weighted by Gasteiger charge is 2.09. The highest BCUT2D eigenvalue weighted by molar-refractivity contribution is 5.92. The van der Waals surface area contributed by atoms with Gasteiger partial charge < -0.3 is 20.7 Å². The van der Waals surface area contributed by atoms with Crippen molar-refractivity contribution in [2.24, 2.45) is 10.7 Å². The van der Waals surface area contributed by atoms with Crippen molar-refractivity contribution in [1.82, 2.24) is 0 Å². The number of likely N-dealkylation sites (N-methyl/N-ethyl adjacent to an activating group) is 1. The molecular formula is C20H28N4O. The first-order valence-electron chi connectivity index (χ1n) is 8.57. The fourth-order valence-corrected chi connectivity index (χ4v) is 2.35. The van der Waals surface area contributed by atoms with E-state index in [0.717, 1.165) is 17.1 Å². The van der Waals surface area contributed by atoms with Gasteiger partial charge in [-0.25, -0.2) is 0 Å². The van der Waals surface area contributed by atoms with Crippen LogP contribution in [0.2, 0.25) is 0 Å². The van der Waals surface area contributed by atoms with E-state index in [4.69, 9.17) is 10.5 Å². The topological polar surface area (TPSA) is 62.9 Å². The summed E-state index contributed by atoms with van der Waals surface area (Å²) in [5.74, 6) is 1.25. The Labute approximate surface area is 150 Å². The van der Waals surface area contributed by atoms with Gasteiger partial charge in [0.05, 0.1) is 12.6 Å². The summed E-state index contributed by atoms with van der Waals surface area (Å²) in [6.07, 6.45) is 0.161. The molecule has 0 amide bonds. The Morgan fingerprint density at radius 3 is 2.32 bits per heavy atom. The smallest absolute Gasteiger partial charge is 0.193 e. The number of hydrogen-bond donors (Lipinski definition) is 2. The lowest BCUT2D eigenvalue weighted by atomic mass is 10.2. The molecular weight excluding hydrogens is 312 g/mol. The monoisotopic (exact) mass is 340 g/mol. The lowest BCUT2D eigenvalue weighted by molar-refractivity contribution is 0.242. The lowest BCUT2D eigenvalue weighted by Gasteiger charge is -2.25. The van der Waals surface area contributed by atoms with Gasteiger partial charge in [-0.2, -0.15) is 0 Å². The van der Waals surface area contributed by atoms with E-state index in [9.17, 15) is 0 Å². The van der Waals surface area contributed by atoms with Crippen molar-refractivity contribution in [1.29, 1.82) is 0 Å². The maximum Gasteiger partial charge on any atom is 0.193 e. The summed E-state index contributed by atoms with van der Waals surface area (Å²) < 4.78 is 5.63. The van der Waals surface area contributed by atoms with E-state index in [1.165, 1.54) is 0 Å². The quantitative estimate of drug-likeness (QED) is 0.595. The number of benzene rings is 2. The molecule has 0 spiro atoms. The first-order valence-corrected chi connectivity index (χ1v) is 8.57. The van der Waals surface area contributed by atoms with Gasteiger partial charge in [0.1, 0.15) is 5.75 Å². The number of ether oxygens (including phenoxy) is 1. The normalized spacial score (nSPS) is 12.8. The second-order valence-electron chi connectivity index (χ2n) is 6.34. The minimum Gasteiger partial charge on any atom is -0.491 e. The van der Waals surface area contributed by atoms with Crippen molar-refractivity contribution in [3.05, 3.63) is 54.6 Å². The number of nitrogens with zero attached hydrogens (tertiary/aromatic N) is 2. The molecule has 2 aromatic carbocycles. The zero-order valence-corrected chi connectivity index (χ0v) is 15.4. The zero-order valence-electron chi connectivity index (χ0n) is 15.4. The van der Waals surface area contributed by atoms with Crippen LogP contribution in [0.25, 0.3) is 0 Å². The molecule has 0 aliphatic heterocycles. The molecule has 0 heterocycles. The van der Waals surface area contributed by atoms with Crippen molar-refractivity contribution in [2.75, 3.05) is 23.8 Å². The fourth-order valence-electron chi connectivity index (χ4n) is 2.35. The highest BCUT2D eigenvalue weighted by Crippen LogP contribution is 2.17. The number of guanidine groups is 1.